The zero-order chi connectivity index (χ0) is 32.2. The number of hydrogen-bond donors (Lipinski definition) is 5. The van der Waals surface area contributed by atoms with Crippen LogP contribution < -0.4 is 16.4 Å². The van der Waals surface area contributed by atoms with Gasteiger partial charge in [-0.15, -0.1) is 0 Å². The van der Waals surface area contributed by atoms with E-state index in [0.29, 0.717) is 12.8 Å². The number of carboxylic acids is 2. The molecule has 0 saturated carbocycles. The van der Waals surface area contributed by atoms with Crippen LogP contribution in [0.5, 0.6) is 0 Å². The number of methoxy groups -OCH3 is 2. The number of hydrogen-bond acceptors (Lipinski definition) is 7. The van der Waals surface area contributed by atoms with Crippen molar-refractivity contribution in [2.45, 2.75) is 51.1 Å². The van der Waals surface area contributed by atoms with Gasteiger partial charge in [0.25, 0.3) is 0 Å². The SMILES string of the molecule is CC(=O)NC(Cc1ccccc1)C(=O)O.CC(=O)N[C@@H](Cc1ccccc1)C(=O)O.COC(OC)C(N)c1ccccc1. The Morgan fingerprint density at radius 1 is 0.651 bits per heavy atom. The number of benzene rings is 3. The summed E-state index contributed by atoms with van der Waals surface area (Å²) in [6.45, 7) is 2.61. The van der Waals surface area contributed by atoms with Gasteiger partial charge in [0.2, 0.25) is 11.8 Å². The maximum atomic E-state index is 10.8. The summed E-state index contributed by atoms with van der Waals surface area (Å²) >= 11 is 0. The molecule has 0 heterocycles. The van der Waals surface area contributed by atoms with Crippen LogP contribution in [0.15, 0.2) is 91.0 Å². The Kier molecular flexibility index (Phi) is 17.2. The molecule has 0 aliphatic carbocycles. The van der Waals surface area contributed by atoms with E-state index < -0.39 is 24.0 Å². The van der Waals surface area contributed by atoms with Crippen molar-refractivity contribution in [2.75, 3.05) is 14.2 Å². The predicted octanol–water partition coefficient (Wildman–Crippen LogP) is 2.94. The number of carbonyl (C=O) groups excluding carboxylic acids is 2. The number of aliphatic carboxylic acids is 2. The molecule has 0 radical (unpaired) electrons. The topological polar surface area (TPSA) is 177 Å². The fourth-order valence-corrected chi connectivity index (χ4v) is 3.81. The largest absolute Gasteiger partial charge is 0.480 e. The highest BCUT2D eigenvalue weighted by molar-refractivity contribution is 5.82. The van der Waals surface area contributed by atoms with Gasteiger partial charge in [-0.1, -0.05) is 91.0 Å². The lowest BCUT2D eigenvalue weighted by molar-refractivity contribution is -0.141. The van der Waals surface area contributed by atoms with Crippen LogP contribution in [0.3, 0.4) is 0 Å². The Bertz CT molecular complexity index is 1170. The molecule has 0 aliphatic heterocycles. The molecule has 3 aromatic carbocycles. The van der Waals surface area contributed by atoms with Crippen LogP contribution in [-0.4, -0.2) is 66.6 Å². The van der Waals surface area contributed by atoms with Crippen LogP contribution in [0, 0.1) is 0 Å². The smallest absolute Gasteiger partial charge is 0.326 e. The molecule has 0 aliphatic rings. The lowest BCUT2D eigenvalue weighted by Gasteiger charge is -2.20. The number of rotatable bonds is 12. The summed E-state index contributed by atoms with van der Waals surface area (Å²) < 4.78 is 10.1. The van der Waals surface area contributed by atoms with E-state index in [2.05, 4.69) is 10.6 Å². The van der Waals surface area contributed by atoms with Crippen molar-refractivity contribution in [3.63, 3.8) is 0 Å². The van der Waals surface area contributed by atoms with Crippen molar-refractivity contribution >= 4 is 23.8 Å². The second kappa shape index (κ2) is 20.3. The molecule has 0 bridgehead atoms. The zero-order valence-electron chi connectivity index (χ0n) is 24.8. The second-order valence-electron chi connectivity index (χ2n) is 9.34. The van der Waals surface area contributed by atoms with E-state index in [1.165, 1.54) is 13.8 Å². The summed E-state index contributed by atoms with van der Waals surface area (Å²) in [6, 6.07) is 26.2. The number of amides is 2. The third-order valence-corrected chi connectivity index (χ3v) is 5.86. The Morgan fingerprint density at radius 2 is 0.977 bits per heavy atom. The molecular formula is C32H41N3O8. The third-order valence-electron chi connectivity index (χ3n) is 5.86. The van der Waals surface area contributed by atoms with Gasteiger partial charge in [-0.05, 0) is 16.7 Å². The lowest BCUT2D eigenvalue weighted by Crippen LogP contribution is -2.41. The molecule has 0 saturated heterocycles. The van der Waals surface area contributed by atoms with E-state index in [1.807, 2.05) is 91.0 Å². The first-order valence-corrected chi connectivity index (χ1v) is 13.4. The fraction of sp³-hybridized carbons (Fsp3) is 0.312. The molecule has 43 heavy (non-hydrogen) atoms. The van der Waals surface area contributed by atoms with Crippen LogP contribution in [0.1, 0.15) is 36.6 Å². The molecule has 3 aromatic rings. The van der Waals surface area contributed by atoms with Crippen LogP contribution in [-0.2, 0) is 41.5 Å². The van der Waals surface area contributed by atoms with Crippen LogP contribution in [0.2, 0.25) is 0 Å². The van der Waals surface area contributed by atoms with Crippen LogP contribution >= 0.6 is 0 Å². The lowest BCUT2D eigenvalue weighted by atomic mass is 10.1. The van der Waals surface area contributed by atoms with Crippen molar-refractivity contribution in [2.24, 2.45) is 5.73 Å². The Hall–Kier alpha value is -4.58. The number of carbonyl (C=O) groups is 4. The third kappa shape index (κ3) is 15.3. The van der Waals surface area contributed by atoms with E-state index >= 15 is 0 Å². The Labute approximate surface area is 252 Å². The molecule has 11 nitrogen and oxygen atoms in total. The van der Waals surface area contributed by atoms with Crippen molar-refractivity contribution in [3.8, 4) is 0 Å². The predicted molar refractivity (Wildman–Crippen MR) is 162 cm³/mol. The minimum Gasteiger partial charge on any atom is -0.480 e. The first-order valence-electron chi connectivity index (χ1n) is 13.4. The summed E-state index contributed by atoms with van der Waals surface area (Å²) in [5.41, 5.74) is 8.70. The molecule has 0 aromatic heterocycles. The highest BCUT2D eigenvalue weighted by Gasteiger charge is 2.19. The van der Waals surface area contributed by atoms with E-state index in [-0.39, 0.29) is 24.1 Å². The van der Waals surface area contributed by atoms with Crippen molar-refractivity contribution in [1.29, 1.82) is 0 Å². The molecule has 0 spiro atoms. The first kappa shape index (κ1) is 36.4. The van der Waals surface area contributed by atoms with E-state index in [0.717, 1.165) is 16.7 Å². The second-order valence-corrected chi connectivity index (χ2v) is 9.34. The highest BCUT2D eigenvalue weighted by Crippen LogP contribution is 2.16. The molecule has 3 atom stereocenters. The van der Waals surface area contributed by atoms with Crippen molar-refractivity contribution < 1.29 is 38.9 Å². The van der Waals surface area contributed by atoms with Gasteiger partial charge in [-0.25, -0.2) is 9.59 Å². The average Bonchev–Trinajstić information content (AvgIpc) is 2.99. The summed E-state index contributed by atoms with van der Waals surface area (Å²) in [7, 11) is 3.16. The quantitative estimate of drug-likeness (QED) is 0.197. The van der Waals surface area contributed by atoms with Gasteiger partial charge >= 0.3 is 11.9 Å². The normalized spacial score (nSPS) is 12.2. The fourth-order valence-electron chi connectivity index (χ4n) is 3.81. The zero-order valence-corrected chi connectivity index (χ0v) is 24.8. The number of carboxylic acid groups (broad SMARTS) is 2. The average molecular weight is 596 g/mol. The maximum absolute atomic E-state index is 10.8. The van der Waals surface area contributed by atoms with Gasteiger partial charge in [0.1, 0.15) is 12.1 Å². The summed E-state index contributed by atoms with van der Waals surface area (Å²) in [5.74, 6) is -2.71. The molecule has 2 unspecified atom stereocenters. The van der Waals surface area contributed by atoms with Crippen LogP contribution in [0.4, 0.5) is 0 Å². The minimum absolute atomic E-state index is 0.240. The van der Waals surface area contributed by atoms with Crippen molar-refractivity contribution in [3.05, 3.63) is 108 Å². The molecular weight excluding hydrogens is 554 g/mol. The Morgan fingerprint density at radius 3 is 1.26 bits per heavy atom. The van der Waals surface area contributed by atoms with Gasteiger partial charge < -0.3 is 36.1 Å². The van der Waals surface area contributed by atoms with E-state index in [9.17, 15) is 19.2 Å². The van der Waals surface area contributed by atoms with Gasteiger partial charge in [0.15, 0.2) is 6.29 Å². The van der Waals surface area contributed by atoms with Crippen LogP contribution in [0.25, 0.3) is 0 Å². The number of nitrogens with two attached hydrogens (primary N) is 1. The number of ether oxygens (including phenoxy) is 2. The van der Waals surface area contributed by atoms with Gasteiger partial charge in [0.05, 0.1) is 6.04 Å². The summed E-state index contributed by atoms with van der Waals surface area (Å²) in [4.78, 5) is 43.2. The summed E-state index contributed by atoms with van der Waals surface area (Å²) in [5, 5.41) is 22.5. The molecule has 2 amide bonds. The Balaban J connectivity index is 0.000000324. The molecule has 11 heteroatoms. The van der Waals surface area contributed by atoms with E-state index in [1.54, 1.807) is 14.2 Å². The minimum atomic E-state index is -1.02. The summed E-state index contributed by atoms with van der Waals surface area (Å²) in [6.07, 6.45) is 0.216. The van der Waals surface area contributed by atoms with E-state index in [4.69, 9.17) is 25.4 Å². The van der Waals surface area contributed by atoms with Gasteiger partial charge in [-0.3, -0.25) is 9.59 Å². The molecule has 3 rings (SSSR count). The maximum Gasteiger partial charge on any atom is 0.326 e. The van der Waals surface area contributed by atoms with Gasteiger partial charge in [0, 0.05) is 40.9 Å². The monoisotopic (exact) mass is 595 g/mol. The standard InChI is InChI=1S/2C11H13NO3.C10H15NO2/c2*1-8(13)12-10(11(14)15)7-9-5-3-2-4-6-9;1-12-10(13-2)9(11)8-6-4-3-5-7-8/h2*2-6,10H,7H2,1H3,(H,12,13)(H,14,15);3-7,9-10H,11H2,1-2H3/t10-;;/m0../s1. The first-order chi connectivity index (χ1) is 20.5. The molecule has 6 N–H and O–H groups in total. The molecule has 0 fully saturated rings. The van der Waals surface area contributed by atoms with Crippen molar-refractivity contribution in [1.82, 2.24) is 10.6 Å². The van der Waals surface area contributed by atoms with Gasteiger partial charge in [-0.2, -0.15) is 0 Å². The molecule has 232 valence electrons. The number of nitrogens with one attached hydrogen (secondary N) is 2. The highest BCUT2D eigenvalue weighted by atomic mass is 16.7.